The second kappa shape index (κ2) is 3.15. The fourth-order valence-corrected chi connectivity index (χ4v) is 0.271. The van der Waals surface area contributed by atoms with E-state index in [1.807, 2.05) is 0 Å². The summed E-state index contributed by atoms with van der Waals surface area (Å²) in [5, 5.41) is 17.5. The van der Waals surface area contributed by atoms with Crippen LogP contribution in [-0.2, 0) is 0 Å². The predicted molar refractivity (Wildman–Crippen MR) is 39.4 cm³/mol. The molecule has 0 saturated heterocycles. The van der Waals surface area contributed by atoms with Gasteiger partial charge >= 0.3 is 0 Å². The van der Waals surface area contributed by atoms with Crippen LogP contribution in [-0.4, -0.2) is 26.2 Å². The maximum absolute atomic E-state index is 9.02. The topological polar surface area (TPSA) is 40.5 Å². The molecule has 0 bridgehead atoms. The van der Waals surface area contributed by atoms with E-state index < -0.39 is 4.51 Å². The van der Waals surface area contributed by atoms with Crippen LogP contribution in [0.2, 0.25) is 0 Å². The second-order valence-corrected chi connectivity index (χ2v) is 4.34. The molecule has 0 heterocycles. The molecule has 0 aromatic heterocycles. The largest absolute Gasteiger partial charge is 0.392 e. The van der Waals surface area contributed by atoms with Crippen LogP contribution < -0.4 is 0 Å². The lowest BCUT2D eigenvalue weighted by Gasteiger charge is -2.20. The Hall–Kier alpha value is 0.880. The van der Waals surface area contributed by atoms with Gasteiger partial charge < -0.3 is 10.2 Å². The minimum Gasteiger partial charge on any atom is -0.392 e. The zero-order valence-electron chi connectivity index (χ0n) is 4.43. The van der Waals surface area contributed by atoms with Crippen molar-refractivity contribution in [2.75, 3.05) is 6.61 Å². The first-order valence-corrected chi connectivity index (χ1v) is 3.88. The average molecular weight is 248 g/mol. The minimum absolute atomic E-state index is 0.153. The van der Waals surface area contributed by atoms with E-state index in [2.05, 4.69) is 31.9 Å². The highest BCUT2D eigenvalue weighted by Gasteiger charge is 2.26. The zero-order chi connectivity index (χ0) is 6.78. The smallest absolute Gasteiger partial charge is 0.154 e. The number of alkyl halides is 2. The number of halogens is 2. The molecule has 2 nitrogen and oxygen atoms in total. The molecule has 0 aliphatic heterocycles. The summed E-state index contributed by atoms with van der Waals surface area (Å²) in [5.41, 5.74) is 0. The van der Waals surface area contributed by atoms with Gasteiger partial charge in [0.1, 0.15) is 0 Å². The Morgan fingerprint density at radius 1 is 1.75 bits per heavy atom. The average Bonchev–Trinajstić information content (AvgIpc) is 1.67. The van der Waals surface area contributed by atoms with Crippen molar-refractivity contribution < 1.29 is 10.2 Å². The molecule has 0 fully saturated rings. The van der Waals surface area contributed by atoms with Gasteiger partial charge in [0.05, 0.1) is 11.4 Å². The molecular formula is C4H8Br2O2. The molecule has 0 radical (unpaired) electrons. The van der Waals surface area contributed by atoms with Crippen molar-refractivity contribution in [1.82, 2.24) is 0 Å². The third kappa shape index (κ3) is 2.44. The molecule has 2 unspecified atom stereocenters. The van der Waals surface area contributed by atoms with Gasteiger partial charge in [-0.25, -0.2) is 0 Å². The van der Waals surface area contributed by atoms with Gasteiger partial charge in [0.25, 0.3) is 0 Å². The molecule has 0 rings (SSSR count). The number of aliphatic hydroxyl groups is 2. The summed E-state index contributed by atoms with van der Waals surface area (Å²) >= 11 is 6.00. The SMILES string of the molecule is CC(Br)C(O)(Br)CO. The van der Waals surface area contributed by atoms with Gasteiger partial charge in [0, 0.05) is 0 Å². The number of aliphatic hydroxyl groups excluding tert-OH is 1. The maximum Gasteiger partial charge on any atom is 0.154 e. The van der Waals surface area contributed by atoms with Crippen molar-refractivity contribution in [2.24, 2.45) is 0 Å². The lowest BCUT2D eigenvalue weighted by atomic mass is 10.3. The van der Waals surface area contributed by atoms with Crippen molar-refractivity contribution in [1.29, 1.82) is 0 Å². The van der Waals surface area contributed by atoms with E-state index in [9.17, 15) is 0 Å². The summed E-state index contributed by atoms with van der Waals surface area (Å²) in [5.74, 6) is 0. The molecule has 4 heteroatoms. The van der Waals surface area contributed by atoms with E-state index in [1.165, 1.54) is 0 Å². The maximum atomic E-state index is 9.02. The van der Waals surface area contributed by atoms with E-state index >= 15 is 0 Å². The van der Waals surface area contributed by atoms with Crippen LogP contribution in [0.3, 0.4) is 0 Å². The molecule has 0 aromatic carbocycles. The predicted octanol–water partition coefficient (Wildman–Crippen LogP) is 0.846. The van der Waals surface area contributed by atoms with E-state index in [0.29, 0.717) is 0 Å². The highest BCUT2D eigenvalue weighted by Crippen LogP contribution is 2.23. The van der Waals surface area contributed by atoms with Gasteiger partial charge in [-0.3, -0.25) is 0 Å². The lowest BCUT2D eigenvalue weighted by Crippen LogP contribution is -2.33. The first-order chi connectivity index (χ1) is 3.50. The monoisotopic (exact) mass is 246 g/mol. The normalized spacial score (nSPS) is 22.1. The first kappa shape index (κ1) is 8.88. The summed E-state index contributed by atoms with van der Waals surface area (Å²) in [7, 11) is 0. The fraction of sp³-hybridized carbons (Fsp3) is 1.00. The van der Waals surface area contributed by atoms with Crippen molar-refractivity contribution in [3.05, 3.63) is 0 Å². The highest BCUT2D eigenvalue weighted by atomic mass is 79.9. The van der Waals surface area contributed by atoms with Crippen LogP contribution in [0, 0.1) is 0 Å². The summed E-state index contributed by atoms with van der Waals surface area (Å²) in [6.45, 7) is 1.45. The van der Waals surface area contributed by atoms with Crippen LogP contribution >= 0.6 is 31.9 Å². The van der Waals surface area contributed by atoms with Crippen LogP contribution in [0.4, 0.5) is 0 Å². The van der Waals surface area contributed by atoms with Crippen LogP contribution in [0.1, 0.15) is 6.92 Å². The van der Waals surface area contributed by atoms with Crippen molar-refractivity contribution in [3.8, 4) is 0 Å². The Morgan fingerprint density at radius 3 is 2.12 bits per heavy atom. The van der Waals surface area contributed by atoms with Gasteiger partial charge in [0.2, 0.25) is 0 Å². The summed E-state index contributed by atoms with van der Waals surface area (Å²) in [6, 6.07) is 0. The first-order valence-electron chi connectivity index (χ1n) is 2.17. The Kier molecular flexibility index (Phi) is 3.50. The number of hydrogen-bond donors (Lipinski definition) is 2. The molecule has 8 heavy (non-hydrogen) atoms. The van der Waals surface area contributed by atoms with Crippen LogP contribution in [0.25, 0.3) is 0 Å². The Balaban J connectivity index is 3.71. The third-order valence-electron chi connectivity index (χ3n) is 0.831. The number of rotatable bonds is 2. The Morgan fingerprint density at radius 2 is 2.12 bits per heavy atom. The van der Waals surface area contributed by atoms with E-state index in [1.54, 1.807) is 6.92 Å². The molecule has 2 N–H and O–H groups in total. The van der Waals surface area contributed by atoms with Gasteiger partial charge in [-0.1, -0.05) is 31.9 Å². The summed E-state index contributed by atoms with van der Waals surface area (Å²) in [6.07, 6.45) is 0. The highest BCUT2D eigenvalue weighted by molar-refractivity contribution is 9.12. The molecule has 0 aromatic rings. The van der Waals surface area contributed by atoms with Gasteiger partial charge in [0.15, 0.2) is 4.51 Å². The van der Waals surface area contributed by atoms with Crippen molar-refractivity contribution >= 4 is 31.9 Å². The van der Waals surface area contributed by atoms with Crippen molar-refractivity contribution in [3.63, 3.8) is 0 Å². The second-order valence-electron chi connectivity index (χ2n) is 1.59. The molecule has 0 aliphatic rings. The zero-order valence-corrected chi connectivity index (χ0v) is 7.61. The van der Waals surface area contributed by atoms with Crippen molar-refractivity contribution in [2.45, 2.75) is 16.3 Å². The molecule has 0 amide bonds. The fourth-order valence-electron chi connectivity index (χ4n) is 0.126. The van der Waals surface area contributed by atoms with Gasteiger partial charge in [-0.15, -0.1) is 0 Å². The molecule has 50 valence electrons. The summed E-state index contributed by atoms with van der Waals surface area (Å²) < 4.78 is -1.17. The van der Waals surface area contributed by atoms with E-state index in [0.717, 1.165) is 0 Å². The standard InChI is InChI=1S/C4H8Br2O2/c1-3(5)4(6,8)2-7/h3,7-8H,2H2,1H3. The molecule has 0 spiro atoms. The lowest BCUT2D eigenvalue weighted by molar-refractivity contribution is 0.0741. The van der Waals surface area contributed by atoms with E-state index in [-0.39, 0.29) is 11.4 Å². The Labute approximate surface area is 65.2 Å². The van der Waals surface area contributed by atoms with Gasteiger partial charge in [-0.05, 0) is 6.92 Å². The summed E-state index contributed by atoms with van der Waals surface area (Å²) in [4.78, 5) is -0.153. The van der Waals surface area contributed by atoms with E-state index in [4.69, 9.17) is 10.2 Å². The Bertz CT molecular complexity index is 72.4. The van der Waals surface area contributed by atoms with Crippen LogP contribution in [0.5, 0.6) is 0 Å². The minimum atomic E-state index is -1.17. The number of hydrogen-bond acceptors (Lipinski definition) is 2. The van der Waals surface area contributed by atoms with Crippen LogP contribution in [0.15, 0.2) is 0 Å². The molecule has 2 atom stereocenters. The molecular weight excluding hydrogens is 240 g/mol. The molecule has 0 saturated carbocycles. The van der Waals surface area contributed by atoms with Gasteiger partial charge in [-0.2, -0.15) is 0 Å². The third-order valence-corrected chi connectivity index (χ3v) is 3.14. The quantitative estimate of drug-likeness (QED) is 0.711. The molecule has 0 aliphatic carbocycles.